The van der Waals surface area contributed by atoms with Crippen molar-refractivity contribution in [3.63, 3.8) is 0 Å². The SMILES string of the molecule is c1ccc(Cc2cc(Oc3ccccc3)ccc2[SiH2]O[SiH2]c2ccc(Oc3ccccc3)cc2Cc2ccccc2)cc1. The molecule has 0 amide bonds. The van der Waals surface area contributed by atoms with Gasteiger partial charge in [0.15, 0.2) is 19.5 Å². The van der Waals surface area contributed by atoms with Gasteiger partial charge in [0.05, 0.1) is 0 Å². The predicted molar refractivity (Wildman–Crippen MR) is 182 cm³/mol. The Kier molecular flexibility index (Phi) is 9.57. The van der Waals surface area contributed by atoms with Crippen LogP contribution in [-0.4, -0.2) is 19.5 Å². The van der Waals surface area contributed by atoms with Gasteiger partial charge in [-0.05, 0) is 94.0 Å². The van der Waals surface area contributed by atoms with E-state index >= 15 is 0 Å². The second kappa shape index (κ2) is 14.5. The molecule has 0 bridgehead atoms. The second-order valence-electron chi connectivity index (χ2n) is 10.5. The van der Waals surface area contributed by atoms with Crippen LogP contribution in [0, 0.1) is 0 Å². The van der Waals surface area contributed by atoms with Gasteiger partial charge in [0.25, 0.3) is 0 Å². The zero-order valence-corrected chi connectivity index (χ0v) is 26.9. The summed E-state index contributed by atoms with van der Waals surface area (Å²) in [6, 6.07) is 54.1. The first-order chi connectivity index (χ1) is 21.3. The van der Waals surface area contributed by atoms with E-state index in [1.165, 1.54) is 32.6 Å². The Hall–Kier alpha value is -4.69. The molecule has 0 heterocycles. The van der Waals surface area contributed by atoms with Gasteiger partial charge in [-0.3, -0.25) is 0 Å². The lowest BCUT2D eigenvalue weighted by atomic mass is 10.0. The number of benzene rings is 6. The highest BCUT2D eigenvalue weighted by Gasteiger charge is 2.11. The highest BCUT2D eigenvalue weighted by Crippen LogP contribution is 2.24. The lowest BCUT2D eigenvalue weighted by molar-refractivity contribution is 0.482. The largest absolute Gasteiger partial charge is 0.458 e. The van der Waals surface area contributed by atoms with Crippen LogP contribution in [0.25, 0.3) is 0 Å². The molecule has 0 aliphatic heterocycles. The Labute approximate surface area is 258 Å². The zero-order valence-electron chi connectivity index (χ0n) is 24.1. The van der Waals surface area contributed by atoms with Crippen molar-refractivity contribution < 1.29 is 13.6 Å². The van der Waals surface area contributed by atoms with Gasteiger partial charge in [-0.1, -0.05) is 109 Å². The van der Waals surface area contributed by atoms with Crippen LogP contribution in [0.5, 0.6) is 23.0 Å². The third kappa shape index (κ3) is 8.20. The van der Waals surface area contributed by atoms with Crippen LogP contribution in [-0.2, 0) is 17.0 Å². The fraction of sp³-hybridized carbons (Fsp3) is 0.0526. The average Bonchev–Trinajstić information content (AvgIpc) is 3.05. The quantitative estimate of drug-likeness (QED) is 0.150. The van der Waals surface area contributed by atoms with Crippen molar-refractivity contribution in [2.45, 2.75) is 12.8 Å². The minimum atomic E-state index is -0.955. The fourth-order valence-electron chi connectivity index (χ4n) is 5.09. The molecule has 3 nitrogen and oxygen atoms in total. The minimum Gasteiger partial charge on any atom is -0.458 e. The maximum absolute atomic E-state index is 6.67. The average molecular weight is 595 g/mol. The second-order valence-corrected chi connectivity index (χ2v) is 14.2. The van der Waals surface area contributed by atoms with Crippen molar-refractivity contribution >= 4 is 29.9 Å². The van der Waals surface area contributed by atoms with E-state index in [1.54, 1.807) is 0 Å². The molecule has 6 aromatic carbocycles. The molecule has 0 saturated heterocycles. The summed E-state index contributed by atoms with van der Waals surface area (Å²) in [6.07, 6.45) is 1.70. The van der Waals surface area contributed by atoms with Crippen molar-refractivity contribution in [3.05, 3.63) is 180 Å². The Balaban J connectivity index is 1.20. The van der Waals surface area contributed by atoms with Gasteiger partial charge in [-0.2, -0.15) is 0 Å². The van der Waals surface area contributed by atoms with Crippen LogP contribution >= 0.6 is 0 Å². The van der Waals surface area contributed by atoms with Gasteiger partial charge >= 0.3 is 0 Å². The summed E-state index contributed by atoms with van der Waals surface area (Å²) in [5.74, 6) is 3.39. The van der Waals surface area contributed by atoms with Gasteiger partial charge in [0, 0.05) is 0 Å². The van der Waals surface area contributed by atoms with Crippen molar-refractivity contribution in [2.24, 2.45) is 0 Å². The van der Waals surface area contributed by atoms with E-state index < -0.39 is 19.5 Å². The predicted octanol–water partition coefficient (Wildman–Crippen LogP) is 6.59. The third-order valence-corrected chi connectivity index (χ3v) is 10.9. The molecule has 0 aromatic heterocycles. The van der Waals surface area contributed by atoms with Crippen LogP contribution in [0.1, 0.15) is 22.3 Å². The van der Waals surface area contributed by atoms with E-state index in [4.69, 9.17) is 13.6 Å². The van der Waals surface area contributed by atoms with Crippen LogP contribution in [0.15, 0.2) is 158 Å². The van der Waals surface area contributed by atoms with Crippen molar-refractivity contribution in [3.8, 4) is 23.0 Å². The number of hydrogen-bond acceptors (Lipinski definition) is 3. The number of rotatable bonds is 12. The first-order valence-corrected chi connectivity index (χ1v) is 17.2. The summed E-state index contributed by atoms with van der Waals surface area (Å²) in [5, 5.41) is 2.65. The Morgan fingerprint density at radius 3 is 1.14 bits per heavy atom. The van der Waals surface area contributed by atoms with Gasteiger partial charge in [0.1, 0.15) is 23.0 Å². The first-order valence-electron chi connectivity index (χ1n) is 14.6. The van der Waals surface area contributed by atoms with Crippen LogP contribution < -0.4 is 19.8 Å². The molecule has 0 N–H and O–H groups in total. The molecule has 0 unspecified atom stereocenters. The smallest absolute Gasteiger partial charge is 0.178 e. The summed E-state index contributed by atoms with van der Waals surface area (Å²) < 4.78 is 19.0. The van der Waals surface area contributed by atoms with Crippen molar-refractivity contribution in [1.29, 1.82) is 0 Å². The van der Waals surface area contributed by atoms with Crippen LogP contribution in [0.3, 0.4) is 0 Å². The molecular formula is C38H34O3Si2. The zero-order chi connectivity index (χ0) is 29.1. The molecule has 5 heteroatoms. The molecule has 0 aliphatic carbocycles. The fourth-order valence-corrected chi connectivity index (χ4v) is 8.51. The summed E-state index contributed by atoms with van der Waals surface area (Å²) in [6.45, 7) is 0. The van der Waals surface area contributed by atoms with E-state index in [-0.39, 0.29) is 0 Å². The molecule has 212 valence electrons. The molecule has 6 aromatic rings. The summed E-state index contributed by atoms with van der Waals surface area (Å²) in [4.78, 5) is 0. The molecule has 0 aliphatic rings. The van der Waals surface area contributed by atoms with E-state index in [0.29, 0.717) is 0 Å². The standard InChI is InChI=1S/C38H34O3Si2/c1-5-13-29(14-6-1)25-31-27-35(39-33-17-9-3-10-18-33)21-23-37(31)42-41-43-38-24-22-36(40-34-19-11-4-12-20-34)28-32(38)26-30-15-7-2-8-16-30/h1-24,27-28H,25-26,42-43H2. The highest BCUT2D eigenvalue weighted by atomic mass is 28.3. The molecular weight excluding hydrogens is 561 g/mol. The maximum Gasteiger partial charge on any atom is 0.178 e. The highest BCUT2D eigenvalue weighted by molar-refractivity contribution is 6.60. The van der Waals surface area contributed by atoms with Crippen LogP contribution in [0.4, 0.5) is 0 Å². The molecule has 6 rings (SSSR count). The Morgan fingerprint density at radius 2 is 0.744 bits per heavy atom. The molecule has 0 radical (unpaired) electrons. The van der Waals surface area contributed by atoms with Gasteiger partial charge < -0.3 is 13.6 Å². The topological polar surface area (TPSA) is 27.7 Å². The van der Waals surface area contributed by atoms with Crippen molar-refractivity contribution in [2.75, 3.05) is 0 Å². The Bertz CT molecular complexity index is 1600. The summed E-state index contributed by atoms with van der Waals surface area (Å²) in [5.41, 5.74) is 5.12. The van der Waals surface area contributed by atoms with Gasteiger partial charge in [-0.25, -0.2) is 0 Å². The van der Waals surface area contributed by atoms with E-state index in [0.717, 1.165) is 35.8 Å². The van der Waals surface area contributed by atoms with Gasteiger partial charge in [0.2, 0.25) is 0 Å². The lowest BCUT2D eigenvalue weighted by Crippen LogP contribution is -2.30. The van der Waals surface area contributed by atoms with Gasteiger partial charge in [-0.15, -0.1) is 0 Å². The summed E-state index contributed by atoms with van der Waals surface area (Å²) in [7, 11) is -1.91. The molecule has 0 atom stereocenters. The normalized spacial score (nSPS) is 11.3. The van der Waals surface area contributed by atoms with Crippen LogP contribution in [0.2, 0.25) is 0 Å². The monoisotopic (exact) mass is 594 g/mol. The molecule has 0 spiro atoms. The maximum atomic E-state index is 6.67. The molecule has 0 fully saturated rings. The van der Waals surface area contributed by atoms with E-state index in [2.05, 4.69) is 97.1 Å². The third-order valence-electron chi connectivity index (χ3n) is 7.30. The first kappa shape index (κ1) is 28.4. The minimum absolute atomic E-state index is 0.840. The molecule has 0 saturated carbocycles. The lowest BCUT2D eigenvalue weighted by Gasteiger charge is -2.15. The van der Waals surface area contributed by atoms with E-state index in [1.807, 2.05) is 60.7 Å². The van der Waals surface area contributed by atoms with E-state index in [9.17, 15) is 0 Å². The summed E-state index contributed by atoms with van der Waals surface area (Å²) >= 11 is 0. The number of hydrogen-bond donors (Lipinski definition) is 0. The Morgan fingerprint density at radius 1 is 0.372 bits per heavy atom. The molecule has 43 heavy (non-hydrogen) atoms. The number of ether oxygens (including phenoxy) is 2. The van der Waals surface area contributed by atoms with Crippen molar-refractivity contribution in [1.82, 2.24) is 0 Å². The number of para-hydroxylation sites is 2.